The number of amides is 1. The number of nitrogens with one attached hydrogen (secondary N) is 2. The Bertz CT molecular complexity index is 486. The molecule has 0 saturated heterocycles. The van der Waals surface area contributed by atoms with Crippen LogP contribution in [0.25, 0.3) is 0 Å². The number of H-pyrrole nitrogens is 1. The summed E-state index contributed by atoms with van der Waals surface area (Å²) in [5.74, 6) is -0.338. The van der Waals surface area contributed by atoms with E-state index in [-0.39, 0.29) is 11.6 Å². The fraction of sp³-hybridized carbons (Fsp3) is 0.100. The Labute approximate surface area is 91.9 Å². The fourth-order valence-corrected chi connectivity index (χ4v) is 1.35. The number of carbonyl (C=O) groups excluding carboxylic acids is 1. The molecule has 0 radical (unpaired) electrons. The first-order chi connectivity index (χ1) is 7.68. The highest BCUT2D eigenvalue weighted by Crippen LogP contribution is 2.22. The van der Waals surface area contributed by atoms with Gasteiger partial charge in [-0.2, -0.15) is 15.4 Å². The zero-order chi connectivity index (χ0) is 11.5. The van der Waals surface area contributed by atoms with Crippen molar-refractivity contribution in [3.8, 4) is 0 Å². The van der Waals surface area contributed by atoms with Crippen molar-refractivity contribution < 1.29 is 4.79 Å². The van der Waals surface area contributed by atoms with Crippen LogP contribution < -0.4 is 11.1 Å². The van der Waals surface area contributed by atoms with Gasteiger partial charge >= 0.3 is 0 Å². The summed E-state index contributed by atoms with van der Waals surface area (Å²) in [6.07, 6.45) is 1.35. The molecule has 16 heavy (non-hydrogen) atoms. The molecule has 0 atom stereocenters. The van der Waals surface area contributed by atoms with E-state index < -0.39 is 0 Å². The summed E-state index contributed by atoms with van der Waals surface area (Å²) in [6, 6.07) is 5.43. The van der Waals surface area contributed by atoms with E-state index in [1.807, 2.05) is 19.1 Å². The zero-order valence-electron chi connectivity index (χ0n) is 8.69. The van der Waals surface area contributed by atoms with Crippen LogP contribution in [0.1, 0.15) is 16.1 Å². The summed E-state index contributed by atoms with van der Waals surface area (Å²) in [7, 11) is 0. The number of nitrogen functional groups attached to an aromatic ring is 1. The molecular weight excluding hydrogens is 206 g/mol. The first-order valence-electron chi connectivity index (χ1n) is 4.70. The third kappa shape index (κ3) is 1.85. The van der Waals surface area contributed by atoms with Crippen molar-refractivity contribution in [2.45, 2.75) is 6.92 Å². The third-order valence-electron chi connectivity index (χ3n) is 2.19. The molecule has 0 aliphatic rings. The molecule has 0 unspecified atom stereocenters. The van der Waals surface area contributed by atoms with Crippen molar-refractivity contribution in [3.63, 3.8) is 0 Å². The van der Waals surface area contributed by atoms with Gasteiger partial charge in [0, 0.05) is 0 Å². The Morgan fingerprint density at radius 2 is 2.31 bits per heavy atom. The summed E-state index contributed by atoms with van der Waals surface area (Å²) in [4.78, 5) is 11.7. The first kappa shape index (κ1) is 10.2. The van der Waals surface area contributed by atoms with Crippen molar-refractivity contribution >= 4 is 17.3 Å². The minimum Gasteiger partial charge on any atom is -0.397 e. The van der Waals surface area contributed by atoms with Crippen LogP contribution in [0.15, 0.2) is 24.4 Å². The van der Waals surface area contributed by atoms with Crippen LogP contribution in [-0.4, -0.2) is 21.3 Å². The van der Waals surface area contributed by atoms with Gasteiger partial charge in [0.15, 0.2) is 5.69 Å². The Balaban J connectivity index is 2.25. The van der Waals surface area contributed by atoms with Gasteiger partial charge in [-0.05, 0) is 18.6 Å². The molecule has 2 rings (SSSR count). The first-order valence-corrected chi connectivity index (χ1v) is 4.70. The molecule has 6 heteroatoms. The standard InChI is InChI=1S/C10H11N5O/c1-6-3-2-4-7(11)9(6)13-10(16)8-5-12-15-14-8/h2-5H,11H2,1H3,(H,13,16)(H,12,14,15). The Morgan fingerprint density at radius 3 is 2.94 bits per heavy atom. The Kier molecular flexibility index (Phi) is 2.55. The Hall–Kier alpha value is -2.37. The van der Waals surface area contributed by atoms with Gasteiger partial charge in [0.25, 0.3) is 5.91 Å². The highest BCUT2D eigenvalue weighted by molar-refractivity contribution is 6.04. The SMILES string of the molecule is Cc1cccc(N)c1NC(=O)c1cn[nH]n1. The van der Waals surface area contributed by atoms with Crippen molar-refractivity contribution in [1.29, 1.82) is 0 Å². The Morgan fingerprint density at radius 1 is 1.50 bits per heavy atom. The number of nitrogens with two attached hydrogens (primary N) is 1. The van der Waals surface area contributed by atoms with Crippen LogP contribution in [0.2, 0.25) is 0 Å². The summed E-state index contributed by atoms with van der Waals surface area (Å²) in [6.45, 7) is 1.87. The molecule has 0 aliphatic heterocycles. The number of aryl methyl sites for hydroxylation is 1. The van der Waals surface area contributed by atoms with E-state index in [0.717, 1.165) is 5.56 Å². The number of hydrogen-bond acceptors (Lipinski definition) is 4. The molecular formula is C10H11N5O. The summed E-state index contributed by atoms with van der Waals surface area (Å²) >= 11 is 0. The minimum atomic E-state index is -0.338. The molecule has 0 aliphatic carbocycles. The van der Waals surface area contributed by atoms with Gasteiger partial charge in [-0.15, -0.1) is 0 Å². The molecule has 0 bridgehead atoms. The number of para-hydroxylation sites is 1. The number of aromatic amines is 1. The van der Waals surface area contributed by atoms with Crippen molar-refractivity contribution in [1.82, 2.24) is 15.4 Å². The maximum atomic E-state index is 11.7. The van der Waals surface area contributed by atoms with Gasteiger partial charge < -0.3 is 11.1 Å². The van der Waals surface area contributed by atoms with E-state index in [4.69, 9.17) is 5.73 Å². The van der Waals surface area contributed by atoms with E-state index in [1.54, 1.807) is 6.07 Å². The van der Waals surface area contributed by atoms with Gasteiger partial charge in [-0.25, -0.2) is 0 Å². The lowest BCUT2D eigenvalue weighted by Crippen LogP contribution is -2.14. The monoisotopic (exact) mass is 217 g/mol. The second kappa shape index (κ2) is 4.01. The van der Waals surface area contributed by atoms with Crippen molar-refractivity contribution in [3.05, 3.63) is 35.7 Å². The molecule has 4 N–H and O–H groups in total. The predicted octanol–water partition coefficient (Wildman–Crippen LogP) is 0.948. The lowest BCUT2D eigenvalue weighted by atomic mass is 10.1. The van der Waals surface area contributed by atoms with E-state index in [1.165, 1.54) is 6.20 Å². The molecule has 1 heterocycles. The number of hydrogen-bond donors (Lipinski definition) is 3. The fourth-order valence-electron chi connectivity index (χ4n) is 1.35. The summed E-state index contributed by atoms with van der Waals surface area (Å²) in [5.41, 5.74) is 8.02. The molecule has 1 aromatic carbocycles. The molecule has 1 aromatic heterocycles. The van der Waals surface area contributed by atoms with E-state index in [2.05, 4.69) is 20.7 Å². The van der Waals surface area contributed by atoms with Gasteiger partial charge in [0.1, 0.15) is 0 Å². The number of rotatable bonds is 2. The zero-order valence-corrected chi connectivity index (χ0v) is 8.69. The van der Waals surface area contributed by atoms with Crippen molar-refractivity contribution in [2.24, 2.45) is 0 Å². The second-order valence-corrected chi connectivity index (χ2v) is 3.35. The largest absolute Gasteiger partial charge is 0.397 e. The molecule has 0 saturated carbocycles. The van der Waals surface area contributed by atoms with Crippen LogP contribution in [-0.2, 0) is 0 Å². The molecule has 6 nitrogen and oxygen atoms in total. The van der Waals surface area contributed by atoms with Crippen LogP contribution in [0, 0.1) is 6.92 Å². The number of benzene rings is 1. The average molecular weight is 217 g/mol. The highest BCUT2D eigenvalue weighted by atomic mass is 16.2. The number of nitrogens with zero attached hydrogens (tertiary/aromatic N) is 2. The predicted molar refractivity (Wildman–Crippen MR) is 59.9 cm³/mol. The second-order valence-electron chi connectivity index (χ2n) is 3.35. The van der Waals surface area contributed by atoms with Gasteiger partial charge in [-0.1, -0.05) is 12.1 Å². The van der Waals surface area contributed by atoms with Gasteiger partial charge in [0.2, 0.25) is 0 Å². The molecule has 1 amide bonds. The number of anilines is 2. The smallest absolute Gasteiger partial charge is 0.277 e. The van der Waals surface area contributed by atoms with E-state index >= 15 is 0 Å². The van der Waals surface area contributed by atoms with Gasteiger partial charge in [0.05, 0.1) is 17.6 Å². The minimum absolute atomic E-state index is 0.225. The average Bonchev–Trinajstić information content (AvgIpc) is 2.76. The molecule has 82 valence electrons. The van der Waals surface area contributed by atoms with Crippen LogP contribution in [0.5, 0.6) is 0 Å². The van der Waals surface area contributed by atoms with Crippen molar-refractivity contribution in [2.75, 3.05) is 11.1 Å². The molecule has 0 fully saturated rings. The number of aromatic nitrogens is 3. The lowest BCUT2D eigenvalue weighted by molar-refractivity contribution is 0.102. The third-order valence-corrected chi connectivity index (χ3v) is 2.19. The van der Waals surface area contributed by atoms with E-state index in [9.17, 15) is 4.79 Å². The lowest BCUT2D eigenvalue weighted by Gasteiger charge is -2.09. The molecule has 2 aromatic rings. The highest BCUT2D eigenvalue weighted by Gasteiger charge is 2.11. The maximum absolute atomic E-state index is 11.7. The number of carbonyl (C=O) groups is 1. The summed E-state index contributed by atoms with van der Waals surface area (Å²) < 4.78 is 0. The van der Waals surface area contributed by atoms with Gasteiger partial charge in [-0.3, -0.25) is 4.79 Å². The van der Waals surface area contributed by atoms with Crippen LogP contribution >= 0.6 is 0 Å². The topological polar surface area (TPSA) is 96.7 Å². The quantitative estimate of drug-likeness (QED) is 0.652. The molecule has 0 spiro atoms. The van der Waals surface area contributed by atoms with E-state index in [0.29, 0.717) is 11.4 Å². The normalized spacial score (nSPS) is 10.1. The summed E-state index contributed by atoms with van der Waals surface area (Å²) in [5, 5.41) is 12.3. The van der Waals surface area contributed by atoms with Crippen LogP contribution in [0.3, 0.4) is 0 Å². The maximum Gasteiger partial charge on any atom is 0.277 e. The van der Waals surface area contributed by atoms with Crippen LogP contribution in [0.4, 0.5) is 11.4 Å².